The molecule has 0 aliphatic carbocycles. The van der Waals surface area contributed by atoms with Crippen LogP contribution in [0.5, 0.6) is 0 Å². The first-order valence-electron chi connectivity index (χ1n) is 6.22. The lowest BCUT2D eigenvalue weighted by atomic mass is 10.0. The number of piperidine rings is 1. The Morgan fingerprint density at radius 1 is 1.47 bits per heavy atom. The molecule has 1 fully saturated rings. The first kappa shape index (κ1) is 12.7. The van der Waals surface area contributed by atoms with Gasteiger partial charge in [0.15, 0.2) is 0 Å². The lowest BCUT2D eigenvalue weighted by Gasteiger charge is -2.19. The SMILES string of the molecule is O=C(Nc1nnc(C2CCCNC2)s1)c1cccs1. The summed E-state index contributed by atoms with van der Waals surface area (Å²) in [6.45, 7) is 2.03. The summed E-state index contributed by atoms with van der Waals surface area (Å²) in [5.41, 5.74) is 0. The van der Waals surface area contributed by atoms with E-state index in [1.165, 1.54) is 29.1 Å². The Balaban J connectivity index is 1.66. The van der Waals surface area contributed by atoms with Gasteiger partial charge in [-0.3, -0.25) is 10.1 Å². The fourth-order valence-electron chi connectivity index (χ4n) is 2.08. The third-order valence-corrected chi connectivity index (χ3v) is 4.92. The molecule has 1 aliphatic heterocycles. The van der Waals surface area contributed by atoms with Crippen molar-refractivity contribution in [2.75, 3.05) is 18.4 Å². The van der Waals surface area contributed by atoms with E-state index in [4.69, 9.17) is 0 Å². The number of amides is 1. The molecule has 1 saturated heterocycles. The number of anilines is 1. The Labute approximate surface area is 119 Å². The maximum atomic E-state index is 11.9. The Morgan fingerprint density at radius 2 is 2.42 bits per heavy atom. The van der Waals surface area contributed by atoms with Gasteiger partial charge in [-0.25, -0.2) is 0 Å². The number of nitrogens with one attached hydrogen (secondary N) is 2. The topological polar surface area (TPSA) is 66.9 Å². The highest BCUT2D eigenvalue weighted by molar-refractivity contribution is 7.15. The van der Waals surface area contributed by atoms with E-state index in [1.54, 1.807) is 6.07 Å². The van der Waals surface area contributed by atoms with Gasteiger partial charge in [0.25, 0.3) is 5.91 Å². The van der Waals surface area contributed by atoms with Crippen LogP contribution < -0.4 is 10.6 Å². The molecule has 0 bridgehead atoms. The minimum absolute atomic E-state index is 0.112. The van der Waals surface area contributed by atoms with Crippen molar-refractivity contribution in [2.24, 2.45) is 0 Å². The zero-order valence-corrected chi connectivity index (χ0v) is 11.9. The Bertz CT molecular complexity index is 546. The number of rotatable bonds is 3. The predicted molar refractivity (Wildman–Crippen MR) is 77.0 cm³/mol. The van der Waals surface area contributed by atoms with Crippen LogP contribution in [0, 0.1) is 0 Å². The van der Waals surface area contributed by atoms with Gasteiger partial charge in [-0.2, -0.15) is 0 Å². The molecule has 19 heavy (non-hydrogen) atoms. The molecule has 0 saturated carbocycles. The van der Waals surface area contributed by atoms with Gasteiger partial charge >= 0.3 is 0 Å². The van der Waals surface area contributed by atoms with Crippen LogP contribution in [-0.2, 0) is 0 Å². The van der Waals surface area contributed by atoms with Crippen molar-refractivity contribution in [1.29, 1.82) is 0 Å². The molecule has 0 spiro atoms. The minimum Gasteiger partial charge on any atom is -0.316 e. The number of nitrogens with zero attached hydrogens (tertiary/aromatic N) is 2. The molecule has 0 radical (unpaired) electrons. The van der Waals surface area contributed by atoms with Gasteiger partial charge in [-0.05, 0) is 30.8 Å². The summed E-state index contributed by atoms with van der Waals surface area (Å²) in [5, 5.41) is 17.9. The predicted octanol–water partition coefficient (Wildman–Crippen LogP) is 2.32. The largest absolute Gasteiger partial charge is 0.316 e. The maximum Gasteiger partial charge on any atom is 0.267 e. The van der Waals surface area contributed by atoms with Crippen molar-refractivity contribution < 1.29 is 4.79 Å². The lowest BCUT2D eigenvalue weighted by Crippen LogP contribution is -2.28. The van der Waals surface area contributed by atoms with Gasteiger partial charge in [-0.1, -0.05) is 17.4 Å². The summed E-state index contributed by atoms with van der Waals surface area (Å²) in [7, 11) is 0. The van der Waals surface area contributed by atoms with E-state index in [0.717, 1.165) is 24.5 Å². The van der Waals surface area contributed by atoms with E-state index >= 15 is 0 Å². The molecule has 0 aromatic carbocycles. The summed E-state index contributed by atoms with van der Waals surface area (Å²) >= 11 is 2.90. The van der Waals surface area contributed by atoms with Crippen LogP contribution >= 0.6 is 22.7 Å². The third-order valence-electron chi connectivity index (χ3n) is 3.05. The van der Waals surface area contributed by atoms with Crippen LogP contribution in [0.2, 0.25) is 0 Å². The number of carbonyl (C=O) groups is 1. The maximum absolute atomic E-state index is 11.9. The highest BCUT2D eigenvalue weighted by atomic mass is 32.1. The number of thiophene rings is 1. The Morgan fingerprint density at radius 3 is 3.16 bits per heavy atom. The molecule has 3 rings (SSSR count). The average molecular weight is 294 g/mol. The molecule has 7 heteroatoms. The third kappa shape index (κ3) is 2.99. The zero-order chi connectivity index (χ0) is 13.1. The summed E-state index contributed by atoms with van der Waals surface area (Å²) in [4.78, 5) is 12.6. The van der Waals surface area contributed by atoms with Crippen LogP contribution in [0.15, 0.2) is 17.5 Å². The summed E-state index contributed by atoms with van der Waals surface area (Å²) in [6.07, 6.45) is 2.31. The van der Waals surface area contributed by atoms with Crippen molar-refractivity contribution in [2.45, 2.75) is 18.8 Å². The molecule has 2 aromatic heterocycles. The van der Waals surface area contributed by atoms with Crippen LogP contribution in [-0.4, -0.2) is 29.2 Å². The number of hydrogen-bond acceptors (Lipinski definition) is 6. The normalized spacial score (nSPS) is 19.3. The highest BCUT2D eigenvalue weighted by Crippen LogP contribution is 2.28. The number of aromatic nitrogens is 2. The summed E-state index contributed by atoms with van der Waals surface area (Å²) in [5.74, 6) is 0.318. The monoisotopic (exact) mass is 294 g/mol. The smallest absolute Gasteiger partial charge is 0.267 e. The van der Waals surface area contributed by atoms with Crippen molar-refractivity contribution >= 4 is 33.7 Å². The zero-order valence-electron chi connectivity index (χ0n) is 10.3. The highest BCUT2D eigenvalue weighted by Gasteiger charge is 2.20. The molecule has 1 amide bonds. The second-order valence-electron chi connectivity index (χ2n) is 4.42. The van der Waals surface area contributed by atoms with Gasteiger partial charge in [0, 0.05) is 12.5 Å². The van der Waals surface area contributed by atoms with E-state index in [0.29, 0.717) is 15.9 Å². The Hall–Kier alpha value is -1.31. The number of carbonyl (C=O) groups excluding carboxylic acids is 1. The van der Waals surface area contributed by atoms with Crippen LogP contribution in [0.1, 0.15) is 33.4 Å². The molecule has 100 valence electrons. The van der Waals surface area contributed by atoms with Crippen LogP contribution in [0.3, 0.4) is 0 Å². The second-order valence-corrected chi connectivity index (χ2v) is 6.38. The number of hydrogen-bond donors (Lipinski definition) is 2. The van der Waals surface area contributed by atoms with Gasteiger partial charge < -0.3 is 5.32 Å². The molecule has 5 nitrogen and oxygen atoms in total. The molecule has 3 heterocycles. The van der Waals surface area contributed by atoms with Crippen molar-refractivity contribution in [3.63, 3.8) is 0 Å². The molecule has 2 N–H and O–H groups in total. The Kier molecular flexibility index (Phi) is 3.86. The van der Waals surface area contributed by atoms with Crippen molar-refractivity contribution in [3.8, 4) is 0 Å². The van der Waals surface area contributed by atoms with Crippen LogP contribution in [0.25, 0.3) is 0 Å². The first-order valence-corrected chi connectivity index (χ1v) is 7.91. The second kappa shape index (κ2) is 5.77. The van der Waals surface area contributed by atoms with Crippen molar-refractivity contribution in [3.05, 3.63) is 27.4 Å². The fraction of sp³-hybridized carbons (Fsp3) is 0.417. The van der Waals surface area contributed by atoms with Gasteiger partial charge in [0.05, 0.1) is 4.88 Å². The molecule has 1 unspecified atom stereocenters. The van der Waals surface area contributed by atoms with E-state index in [1.807, 2.05) is 11.4 Å². The van der Waals surface area contributed by atoms with E-state index in [-0.39, 0.29) is 5.91 Å². The summed E-state index contributed by atoms with van der Waals surface area (Å²) in [6, 6.07) is 3.66. The first-order chi connectivity index (χ1) is 9.33. The molecule has 2 aromatic rings. The standard InChI is InChI=1S/C12H14N4OS2/c17-10(9-4-2-6-18-9)14-12-16-15-11(19-12)8-3-1-5-13-7-8/h2,4,6,8,13H,1,3,5,7H2,(H,14,16,17). The van der Waals surface area contributed by atoms with Crippen molar-refractivity contribution in [1.82, 2.24) is 15.5 Å². The summed E-state index contributed by atoms with van der Waals surface area (Å²) < 4.78 is 0. The van der Waals surface area contributed by atoms with Gasteiger partial charge in [-0.15, -0.1) is 21.5 Å². The van der Waals surface area contributed by atoms with Crippen LogP contribution in [0.4, 0.5) is 5.13 Å². The van der Waals surface area contributed by atoms with Gasteiger partial charge in [0.2, 0.25) is 5.13 Å². The quantitative estimate of drug-likeness (QED) is 0.911. The van der Waals surface area contributed by atoms with Gasteiger partial charge in [0.1, 0.15) is 5.01 Å². The average Bonchev–Trinajstić information content (AvgIpc) is 3.11. The molecule has 1 atom stereocenters. The molecule has 1 aliphatic rings. The van der Waals surface area contributed by atoms with E-state index in [9.17, 15) is 4.79 Å². The molecular weight excluding hydrogens is 280 g/mol. The fourth-order valence-corrected chi connectivity index (χ4v) is 3.57. The minimum atomic E-state index is -0.112. The van der Waals surface area contributed by atoms with E-state index in [2.05, 4.69) is 20.8 Å². The van der Waals surface area contributed by atoms with E-state index < -0.39 is 0 Å². The molecular formula is C12H14N4OS2. The lowest BCUT2D eigenvalue weighted by molar-refractivity contribution is 0.103.